The molecule has 0 aliphatic carbocycles. The molecule has 0 aromatic carbocycles. The molecule has 96 valence electrons. The lowest BCUT2D eigenvalue weighted by Crippen LogP contribution is -2.15. The molecule has 0 spiro atoms. The maximum atomic E-state index is 11.6. The van der Waals surface area contributed by atoms with Gasteiger partial charge < -0.3 is 9.30 Å². The minimum Gasteiger partial charge on any atom is -0.384 e. The van der Waals surface area contributed by atoms with E-state index in [1.807, 2.05) is 19.9 Å². The second-order valence-electron chi connectivity index (χ2n) is 4.51. The summed E-state index contributed by atoms with van der Waals surface area (Å²) in [7, 11) is 1.70. The number of halogens is 1. The van der Waals surface area contributed by atoms with Gasteiger partial charge in [0.2, 0.25) is 0 Å². The molecular weight excluding hydrogens is 238 g/mol. The van der Waals surface area contributed by atoms with E-state index in [0.29, 0.717) is 5.92 Å². The molecule has 0 fully saturated rings. The van der Waals surface area contributed by atoms with Gasteiger partial charge in [0.25, 0.3) is 0 Å². The number of alkyl halides is 1. The molecule has 1 unspecified atom stereocenters. The smallest absolute Gasteiger partial charge is 0.179 e. The number of carbonyl (C=O) groups excluding carboxylic acids is 1. The van der Waals surface area contributed by atoms with Crippen molar-refractivity contribution >= 4 is 17.4 Å². The Morgan fingerprint density at radius 2 is 2.18 bits per heavy atom. The molecule has 0 amide bonds. The van der Waals surface area contributed by atoms with E-state index in [0.717, 1.165) is 30.1 Å². The molecule has 17 heavy (non-hydrogen) atoms. The van der Waals surface area contributed by atoms with Gasteiger partial charge in [-0.3, -0.25) is 4.79 Å². The van der Waals surface area contributed by atoms with Gasteiger partial charge in [0.15, 0.2) is 5.78 Å². The molecule has 1 heterocycles. The van der Waals surface area contributed by atoms with Crippen molar-refractivity contribution in [3.63, 3.8) is 0 Å². The van der Waals surface area contributed by atoms with Gasteiger partial charge in [-0.25, -0.2) is 0 Å². The zero-order chi connectivity index (χ0) is 13.0. The van der Waals surface area contributed by atoms with Gasteiger partial charge in [-0.1, -0.05) is 6.92 Å². The van der Waals surface area contributed by atoms with Crippen LogP contribution in [-0.2, 0) is 11.3 Å². The summed E-state index contributed by atoms with van der Waals surface area (Å²) < 4.78 is 7.29. The molecule has 1 atom stereocenters. The summed E-state index contributed by atoms with van der Waals surface area (Å²) in [6.07, 6.45) is 0. The molecule has 1 rings (SSSR count). The van der Waals surface area contributed by atoms with Gasteiger partial charge in [0, 0.05) is 30.6 Å². The van der Waals surface area contributed by atoms with Gasteiger partial charge in [-0.15, -0.1) is 11.6 Å². The van der Waals surface area contributed by atoms with E-state index in [-0.39, 0.29) is 11.7 Å². The molecule has 1 aromatic heterocycles. The average Bonchev–Trinajstić information content (AvgIpc) is 2.56. The summed E-state index contributed by atoms with van der Waals surface area (Å²) in [6, 6.07) is 1.92. The molecule has 0 aliphatic rings. The van der Waals surface area contributed by atoms with E-state index in [1.165, 1.54) is 0 Å². The van der Waals surface area contributed by atoms with Crippen LogP contribution in [0.5, 0.6) is 0 Å². The fraction of sp³-hybridized carbons (Fsp3) is 0.615. The summed E-state index contributed by atoms with van der Waals surface area (Å²) in [5.74, 6) is 0.451. The Labute approximate surface area is 108 Å². The van der Waals surface area contributed by atoms with Crippen LogP contribution in [0.2, 0.25) is 0 Å². The first-order valence-corrected chi connectivity index (χ1v) is 6.29. The zero-order valence-electron chi connectivity index (χ0n) is 10.9. The van der Waals surface area contributed by atoms with Crippen molar-refractivity contribution in [1.82, 2.24) is 4.57 Å². The summed E-state index contributed by atoms with van der Waals surface area (Å²) in [4.78, 5) is 11.6. The number of rotatable bonds is 6. The van der Waals surface area contributed by atoms with Crippen LogP contribution in [0, 0.1) is 19.8 Å². The van der Waals surface area contributed by atoms with E-state index in [4.69, 9.17) is 16.3 Å². The molecule has 0 saturated heterocycles. The van der Waals surface area contributed by atoms with Crippen LogP contribution in [-0.4, -0.2) is 29.9 Å². The van der Waals surface area contributed by atoms with Crippen LogP contribution >= 0.6 is 11.6 Å². The minimum atomic E-state index is -0.00888. The Kier molecular flexibility index (Phi) is 5.22. The van der Waals surface area contributed by atoms with Gasteiger partial charge in [0.1, 0.15) is 0 Å². The standard InChI is InChI=1S/C13H20ClNO2/c1-9(8-17-4)7-15-10(2)5-12(11(15)3)13(16)6-14/h5,9H,6-8H2,1-4H3. The third-order valence-electron chi connectivity index (χ3n) is 2.94. The Bertz CT molecular complexity index is 398. The summed E-state index contributed by atoms with van der Waals surface area (Å²) in [5.41, 5.74) is 2.83. The second kappa shape index (κ2) is 6.22. The number of Topliss-reactive ketones (excluding diaryl/α,β-unsaturated/α-hetero) is 1. The lowest BCUT2D eigenvalue weighted by atomic mass is 10.1. The molecule has 0 bridgehead atoms. The highest BCUT2D eigenvalue weighted by atomic mass is 35.5. The Morgan fingerprint density at radius 1 is 1.53 bits per heavy atom. The van der Waals surface area contributed by atoms with Gasteiger partial charge in [-0.05, 0) is 25.8 Å². The highest BCUT2D eigenvalue weighted by molar-refractivity contribution is 6.30. The van der Waals surface area contributed by atoms with Crippen molar-refractivity contribution in [1.29, 1.82) is 0 Å². The van der Waals surface area contributed by atoms with E-state index in [9.17, 15) is 4.79 Å². The second-order valence-corrected chi connectivity index (χ2v) is 4.78. The van der Waals surface area contributed by atoms with Crippen LogP contribution in [0.1, 0.15) is 28.7 Å². The number of ketones is 1. The molecule has 0 aliphatic heterocycles. The van der Waals surface area contributed by atoms with Crippen LogP contribution in [0.25, 0.3) is 0 Å². The third kappa shape index (κ3) is 3.33. The van der Waals surface area contributed by atoms with E-state index >= 15 is 0 Å². The van der Waals surface area contributed by atoms with Crippen molar-refractivity contribution in [3.8, 4) is 0 Å². The highest BCUT2D eigenvalue weighted by Crippen LogP contribution is 2.18. The normalized spacial score (nSPS) is 12.8. The first kappa shape index (κ1) is 14.3. The lowest BCUT2D eigenvalue weighted by Gasteiger charge is -2.15. The number of aromatic nitrogens is 1. The number of aryl methyl sites for hydroxylation is 1. The van der Waals surface area contributed by atoms with E-state index in [1.54, 1.807) is 7.11 Å². The van der Waals surface area contributed by atoms with E-state index in [2.05, 4.69) is 11.5 Å². The zero-order valence-corrected chi connectivity index (χ0v) is 11.7. The van der Waals surface area contributed by atoms with Gasteiger partial charge >= 0.3 is 0 Å². The molecule has 0 radical (unpaired) electrons. The van der Waals surface area contributed by atoms with Gasteiger partial charge in [-0.2, -0.15) is 0 Å². The van der Waals surface area contributed by atoms with E-state index < -0.39 is 0 Å². The monoisotopic (exact) mass is 257 g/mol. The predicted octanol–water partition coefficient (Wildman–Crippen LogP) is 2.81. The Balaban J connectivity index is 2.93. The van der Waals surface area contributed by atoms with Crippen LogP contribution in [0.15, 0.2) is 6.07 Å². The average molecular weight is 258 g/mol. The van der Waals surface area contributed by atoms with Gasteiger partial charge in [0.05, 0.1) is 12.5 Å². The number of nitrogens with zero attached hydrogens (tertiary/aromatic N) is 1. The molecule has 0 N–H and O–H groups in total. The molecular formula is C13H20ClNO2. The third-order valence-corrected chi connectivity index (χ3v) is 3.18. The quantitative estimate of drug-likeness (QED) is 0.580. The minimum absolute atomic E-state index is 0.00888. The molecule has 4 heteroatoms. The van der Waals surface area contributed by atoms with Crippen molar-refractivity contribution in [3.05, 3.63) is 23.0 Å². The summed E-state index contributed by atoms with van der Waals surface area (Å²) in [6.45, 7) is 7.69. The van der Waals surface area contributed by atoms with Crippen molar-refractivity contribution in [2.45, 2.75) is 27.3 Å². The van der Waals surface area contributed by atoms with Crippen molar-refractivity contribution < 1.29 is 9.53 Å². The highest BCUT2D eigenvalue weighted by Gasteiger charge is 2.16. The number of carbonyl (C=O) groups is 1. The number of methoxy groups -OCH3 is 1. The Morgan fingerprint density at radius 3 is 2.71 bits per heavy atom. The maximum Gasteiger partial charge on any atom is 0.179 e. The topological polar surface area (TPSA) is 31.2 Å². The first-order chi connectivity index (χ1) is 8.01. The number of hydrogen-bond donors (Lipinski definition) is 0. The Hall–Kier alpha value is -0.800. The van der Waals surface area contributed by atoms with Crippen LogP contribution in [0.4, 0.5) is 0 Å². The summed E-state index contributed by atoms with van der Waals surface area (Å²) >= 11 is 5.60. The predicted molar refractivity (Wildman–Crippen MR) is 70.0 cm³/mol. The maximum absolute atomic E-state index is 11.6. The summed E-state index contributed by atoms with van der Waals surface area (Å²) in [5, 5.41) is 0. The molecule has 0 saturated carbocycles. The number of ether oxygens (including phenoxy) is 1. The van der Waals surface area contributed by atoms with Crippen molar-refractivity contribution in [2.24, 2.45) is 5.92 Å². The SMILES string of the molecule is COCC(C)Cn1c(C)cc(C(=O)CCl)c1C. The molecule has 3 nitrogen and oxygen atoms in total. The fourth-order valence-electron chi connectivity index (χ4n) is 2.09. The van der Waals surface area contributed by atoms with Crippen molar-refractivity contribution in [2.75, 3.05) is 19.6 Å². The fourth-order valence-corrected chi connectivity index (χ4v) is 2.23. The molecule has 1 aromatic rings. The largest absolute Gasteiger partial charge is 0.384 e. The first-order valence-electron chi connectivity index (χ1n) is 5.76. The van der Waals surface area contributed by atoms with Crippen LogP contribution in [0.3, 0.4) is 0 Å². The lowest BCUT2D eigenvalue weighted by molar-refractivity contribution is 0.102. The number of hydrogen-bond acceptors (Lipinski definition) is 2. The van der Waals surface area contributed by atoms with Crippen LogP contribution < -0.4 is 0 Å².